The molecule has 0 aliphatic rings. The highest BCUT2D eigenvalue weighted by Gasteiger charge is 2.19. The molecule has 8 nitrogen and oxygen atoms in total. The summed E-state index contributed by atoms with van der Waals surface area (Å²) in [4.78, 5) is 22.9. The molecule has 1 amide bonds. The average molecular weight is 345 g/mol. The number of anilines is 2. The molecule has 0 spiro atoms. The highest BCUT2D eigenvalue weighted by molar-refractivity contribution is 5.97. The molecule has 1 aromatic heterocycles. The van der Waals surface area contributed by atoms with E-state index in [1.165, 1.54) is 6.07 Å². The molecule has 0 saturated carbocycles. The number of carbonyl (C=O) groups is 1. The maximum absolute atomic E-state index is 12.4. The van der Waals surface area contributed by atoms with Gasteiger partial charge in [0.05, 0.1) is 33.6 Å². The maximum atomic E-state index is 12.4. The predicted molar refractivity (Wildman–Crippen MR) is 96.8 cm³/mol. The van der Waals surface area contributed by atoms with E-state index in [0.29, 0.717) is 11.3 Å². The van der Waals surface area contributed by atoms with E-state index < -0.39 is 11.0 Å². The first kappa shape index (κ1) is 18.4. The van der Waals surface area contributed by atoms with Crippen molar-refractivity contribution >= 4 is 23.0 Å². The summed E-state index contributed by atoms with van der Waals surface area (Å²) in [5, 5.41) is 21.1. The minimum atomic E-state index is -0.531. The summed E-state index contributed by atoms with van der Waals surface area (Å²) in [7, 11) is 0. The SMILES string of the molecule is Cc1c(NC(=O)C(C)Nc2cnn(C(C)(C)C)c2)cccc1[N+](=O)[O-]. The lowest BCUT2D eigenvalue weighted by atomic mass is 10.1. The van der Waals surface area contributed by atoms with Crippen LogP contribution in [0.1, 0.15) is 33.3 Å². The zero-order chi connectivity index (χ0) is 18.8. The van der Waals surface area contributed by atoms with Crippen molar-refractivity contribution < 1.29 is 9.72 Å². The molecule has 2 N–H and O–H groups in total. The molecule has 2 aromatic rings. The Labute approximate surface area is 146 Å². The molecule has 2 rings (SSSR count). The normalized spacial score (nSPS) is 12.5. The molecule has 0 aliphatic heterocycles. The van der Waals surface area contributed by atoms with E-state index in [-0.39, 0.29) is 17.1 Å². The summed E-state index contributed by atoms with van der Waals surface area (Å²) in [6.07, 6.45) is 3.50. The number of rotatable bonds is 5. The zero-order valence-corrected chi connectivity index (χ0v) is 15.0. The van der Waals surface area contributed by atoms with Crippen molar-refractivity contribution in [3.63, 3.8) is 0 Å². The minimum Gasteiger partial charge on any atom is -0.371 e. The van der Waals surface area contributed by atoms with Crippen molar-refractivity contribution in [3.05, 3.63) is 46.3 Å². The lowest BCUT2D eigenvalue weighted by Gasteiger charge is -2.19. The molecule has 0 saturated heterocycles. The van der Waals surface area contributed by atoms with Gasteiger partial charge in [-0.05, 0) is 40.7 Å². The van der Waals surface area contributed by atoms with E-state index in [9.17, 15) is 14.9 Å². The molecule has 0 fully saturated rings. The number of hydrogen-bond donors (Lipinski definition) is 2. The molecule has 1 atom stereocenters. The topological polar surface area (TPSA) is 102 Å². The fourth-order valence-electron chi connectivity index (χ4n) is 2.28. The Balaban J connectivity index is 2.07. The van der Waals surface area contributed by atoms with E-state index in [2.05, 4.69) is 15.7 Å². The van der Waals surface area contributed by atoms with Gasteiger partial charge in [-0.15, -0.1) is 0 Å². The third kappa shape index (κ3) is 4.34. The molecule has 0 radical (unpaired) electrons. The summed E-state index contributed by atoms with van der Waals surface area (Å²) in [5.41, 5.74) is 1.41. The summed E-state index contributed by atoms with van der Waals surface area (Å²) in [6.45, 7) is 9.43. The van der Waals surface area contributed by atoms with E-state index in [0.717, 1.165) is 5.69 Å². The first-order valence-corrected chi connectivity index (χ1v) is 7.96. The molecule has 1 unspecified atom stereocenters. The Kier molecular flexibility index (Phi) is 5.10. The number of aromatic nitrogens is 2. The van der Waals surface area contributed by atoms with Crippen LogP contribution in [0.25, 0.3) is 0 Å². The van der Waals surface area contributed by atoms with Crippen molar-refractivity contribution in [1.82, 2.24) is 9.78 Å². The summed E-state index contributed by atoms with van der Waals surface area (Å²) in [5.74, 6) is -0.285. The van der Waals surface area contributed by atoms with Crippen molar-refractivity contribution in [2.75, 3.05) is 10.6 Å². The second-order valence-electron chi connectivity index (χ2n) is 6.91. The Bertz CT molecular complexity index is 792. The molecular weight excluding hydrogens is 322 g/mol. The number of benzene rings is 1. The number of nitro groups is 1. The van der Waals surface area contributed by atoms with E-state index in [1.807, 2.05) is 31.6 Å². The van der Waals surface area contributed by atoms with Crippen LogP contribution < -0.4 is 10.6 Å². The maximum Gasteiger partial charge on any atom is 0.274 e. The van der Waals surface area contributed by atoms with Gasteiger partial charge in [0.15, 0.2) is 0 Å². The number of nitro benzene ring substituents is 1. The van der Waals surface area contributed by atoms with Crippen molar-refractivity contribution in [3.8, 4) is 0 Å². The number of nitrogens with one attached hydrogen (secondary N) is 2. The second kappa shape index (κ2) is 6.92. The van der Waals surface area contributed by atoms with Crippen LogP contribution in [-0.4, -0.2) is 26.7 Å². The largest absolute Gasteiger partial charge is 0.371 e. The van der Waals surface area contributed by atoms with Crippen LogP contribution in [0.2, 0.25) is 0 Å². The summed E-state index contributed by atoms with van der Waals surface area (Å²) >= 11 is 0. The summed E-state index contributed by atoms with van der Waals surface area (Å²) < 4.78 is 1.81. The highest BCUT2D eigenvalue weighted by Crippen LogP contribution is 2.25. The number of nitrogens with zero attached hydrogens (tertiary/aromatic N) is 3. The highest BCUT2D eigenvalue weighted by atomic mass is 16.6. The Morgan fingerprint density at radius 3 is 2.60 bits per heavy atom. The van der Waals surface area contributed by atoms with E-state index >= 15 is 0 Å². The van der Waals surface area contributed by atoms with Gasteiger partial charge in [0.25, 0.3) is 5.69 Å². The fourth-order valence-corrected chi connectivity index (χ4v) is 2.28. The lowest BCUT2D eigenvalue weighted by molar-refractivity contribution is -0.385. The van der Waals surface area contributed by atoms with Gasteiger partial charge < -0.3 is 10.6 Å². The number of carbonyl (C=O) groups excluding carboxylic acids is 1. The summed E-state index contributed by atoms with van der Waals surface area (Å²) in [6, 6.07) is 4.07. The first-order valence-electron chi connectivity index (χ1n) is 7.96. The Morgan fingerprint density at radius 2 is 2.04 bits per heavy atom. The molecular formula is C17H23N5O3. The smallest absolute Gasteiger partial charge is 0.274 e. The first-order chi connectivity index (χ1) is 11.6. The molecule has 8 heteroatoms. The van der Waals surface area contributed by atoms with Crippen LogP contribution in [0.3, 0.4) is 0 Å². The van der Waals surface area contributed by atoms with Gasteiger partial charge >= 0.3 is 0 Å². The van der Waals surface area contributed by atoms with Gasteiger partial charge in [-0.25, -0.2) is 0 Å². The quantitative estimate of drug-likeness (QED) is 0.639. The van der Waals surface area contributed by atoms with Gasteiger partial charge in [0.1, 0.15) is 6.04 Å². The standard InChI is InChI=1S/C17H23N5O3/c1-11-14(7-6-8-15(11)22(24)25)20-16(23)12(2)19-13-9-18-21(10-13)17(3,4)5/h6-10,12,19H,1-5H3,(H,20,23). The van der Waals surface area contributed by atoms with Gasteiger partial charge in [-0.2, -0.15) is 5.10 Å². The zero-order valence-electron chi connectivity index (χ0n) is 15.0. The molecule has 134 valence electrons. The van der Waals surface area contributed by atoms with Crippen molar-refractivity contribution in [1.29, 1.82) is 0 Å². The van der Waals surface area contributed by atoms with Crippen LogP contribution >= 0.6 is 0 Å². The Hall–Kier alpha value is -2.90. The molecule has 1 aromatic carbocycles. The Morgan fingerprint density at radius 1 is 1.36 bits per heavy atom. The van der Waals surface area contributed by atoms with Gasteiger partial charge in [0.2, 0.25) is 5.91 Å². The van der Waals surface area contributed by atoms with Crippen LogP contribution in [0.15, 0.2) is 30.6 Å². The lowest BCUT2D eigenvalue weighted by Crippen LogP contribution is -2.32. The van der Waals surface area contributed by atoms with Crippen molar-refractivity contribution in [2.45, 2.75) is 46.2 Å². The second-order valence-corrected chi connectivity index (χ2v) is 6.91. The molecule has 0 bridgehead atoms. The third-order valence-corrected chi connectivity index (χ3v) is 3.81. The van der Waals surface area contributed by atoms with Gasteiger partial charge in [0, 0.05) is 12.3 Å². The van der Waals surface area contributed by atoms with E-state index in [1.54, 1.807) is 32.2 Å². The number of amides is 1. The average Bonchev–Trinajstić information content (AvgIpc) is 2.97. The number of hydrogen-bond acceptors (Lipinski definition) is 5. The molecule has 0 aliphatic carbocycles. The predicted octanol–water partition coefficient (Wildman–Crippen LogP) is 3.29. The molecule has 1 heterocycles. The van der Waals surface area contributed by atoms with E-state index in [4.69, 9.17) is 0 Å². The molecule has 25 heavy (non-hydrogen) atoms. The van der Waals surface area contributed by atoms with Gasteiger partial charge in [-0.1, -0.05) is 6.07 Å². The van der Waals surface area contributed by atoms with Crippen LogP contribution in [-0.2, 0) is 10.3 Å². The van der Waals surface area contributed by atoms with Crippen molar-refractivity contribution in [2.24, 2.45) is 0 Å². The third-order valence-electron chi connectivity index (χ3n) is 3.81. The monoisotopic (exact) mass is 345 g/mol. The van der Waals surface area contributed by atoms with Gasteiger partial charge in [-0.3, -0.25) is 19.6 Å². The van der Waals surface area contributed by atoms with Crippen LogP contribution in [0.4, 0.5) is 17.1 Å². The van der Waals surface area contributed by atoms with Crippen LogP contribution in [0.5, 0.6) is 0 Å². The van der Waals surface area contributed by atoms with Crippen LogP contribution in [0, 0.1) is 17.0 Å². The fraction of sp³-hybridized carbons (Fsp3) is 0.412. The minimum absolute atomic E-state index is 0.0233.